The van der Waals surface area contributed by atoms with Crippen LogP contribution >= 0.6 is 0 Å². The first-order valence-electron chi connectivity index (χ1n) is 6.15. The molecule has 0 saturated heterocycles. The highest BCUT2D eigenvalue weighted by atomic mass is 19.1. The molecule has 0 aliphatic carbocycles. The molecule has 0 amide bonds. The Morgan fingerprint density at radius 3 is 2.80 bits per heavy atom. The largest absolute Gasteiger partial charge is 0.335 e. The van der Waals surface area contributed by atoms with Crippen molar-refractivity contribution >= 4 is 17.3 Å². The molecule has 0 N–H and O–H groups in total. The average molecular weight is 269 g/mol. The SMILES string of the molecule is Cc1nc(-c2cccc(F)c2)c2c(C=O)cn(C)c2n1. The fourth-order valence-electron chi connectivity index (χ4n) is 2.35. The number of hydrogen-bond acceptors (Lipinski definition) is 3. The highest BCUT2D eigenvalue weighted by Gasteiger charge is 2.15. The number of halogens is 1. The third-order valence-corrected chi connectivity index (χ3v) is 3.18. The average Bonchev–Trinajstić information content (AvgIpc) is 2.75. The second-order valence-electron chi connectivity index (χ2n) is 4.64. The lowest BCUT2D eigenvalue weighted by molar-refractivity contribution is 0.112. The summed E-state index contributed by atoms with van der Waals surface area (Å²) in [5.74, 6) is 0.242. The molecule has 0 saturated carbocycles. The van der Waals surface area contributed by atoms with Crippen molar-refractivity contribution in [1.29, 1.82) is 0 Å². The molecule has 1 aromatic carbocycles. The van der Waals surface area contributed by atoms with E-state index in [4.69, 9.17) is 0 Å². The molecule has 4 nitrogen and oxygen atoms in total. The third-order valence-electron chi connectivity index (χ3n) is 3.18. The summed E-state index contributed by atoms with van der Waals surface area (Å²) in [4.78, 5) is 20.0. The molecule has 0 fully saturated rings. The lowest BCUT2D eigenvalue weighted by Gasteiger charge is -2.06. The molecule has 0 aliphatic rings. The number of aldehydes is 1. The number of carbonyl (C=O) groups excluding carboxylic acids is 1. The van der Waals surface area contributed by atoms with Crippen molar-refractivity contribution in [2.75, 3.05) is 0 Å². The molecule has 0 unspecified atom stereocenters. The van der Waals surface area contributed by atoms with Crippen LogP contribution in [0.15, 0.2) is 30.5 Å². The van der Waals surface area contributed by atoms with Gasteiger partial charge in [0.25, 0.3) is 0 Å². The van der Waals surface area contributed by atoms with E-state index in [9.17, 15) is 9.18 Å². The van der Waals surface area contributed by atoms with Crippen LogP contribution in [0.25, 0.3) is 22.3 Å². The molecule has 0 radical (unpaired) electrons. The number of aromatic nitrogens is 3. The molecule has 0 atom stereocenters. The van der Waals surface area contributed by atoms with Gasteiger partial charge in [-0.05, 0) is 19.1 Å². The minimum Gasteiger partial charge on any atom is -0.335 e. The van der Waals surface area contributed by atoms with E-state index in [2.05, 4.69) is 9.97 Å². The Balaban J connectivity index is 2.42. The molecule has 5 heteroatoms. The molecule has 3 aromatic rings. The van der Waals surface area contributed by atoms with Crippen LogP contribution in [0.2, 0.25) is 0 Å². The molecule has 20 heavy (non-hydrogen) atoms. The summed E-state index contributed by atoms with van der Waals surface area (Å²) in [6.07, 6.45) is 2.47. The second-order valence-corrected chi connectivity index (χ2v) is 4.64. The molecule has 0 aliphatic heterocycles. The minimum atomic E-state index is -0.338. The van der Waals surface area contributed by atoms with Crippen molar-refractivity contribution in [3.63, 3.8) is 0 Å². The van der Waals surface area contributed by atoms with Gasteiger partial charge in [0, 0.05) is 24.4 Å². The van der Waals surface area contributed by atoms with E-state index in [1.165, 1.54) is 12.1 Å². The Morgan fingerprint density at radius 1 is 1.30 bits per heavy atom. The standard InChI is InChI=1S/C15H12FN3O/c1-9-17-14(10-4-3-5-12(16)6-10)13-11(8-20)7-19(2)15(13)18-9/h3-8H,1-2H3. The Bertz CT molecular complexity index is 823. The van der Waals surface area contributed by atoms with Crippen molar-refractivity contribution in [3.05, 3.63) is 47.7 Å². The maximum absolute atomic E-state index is 13.4. The molecular weight excluding hydrogens is 257 g/mol. The topological polar surface area (TPSA) is 47.8 Å². The first-order chi connectivity index (χ1) is 9.60. The maximum atomic E-state index is 13.4. The third kappa shape index (κ3) is 1.87. The van der Waals surface area contributed by atoms with Gasteiger partial charge in [0.15, 0.2) is 6.29 Å². The Hall–Kier alpha value is -2.56. The number of hydrogen-bond donors (Lipinski definition) is 0. The summed E-state index contributed by atoms with van der Waals surface area (Å²) in [6, 6.07) is 6.17. The predicted octanol–water partition coefficient (Wildman–Crippen LogP) is 2.90. The van der Waals surface area contributed by atoms with Crippen LogP contribution in [0, 0.1) is 12.7 Å². The van der Waals surface area contributed by atoms with Crippen LogP contribution in [0.1, 0.15) is 16.2 Å². The number of nitrogens with zero attached hydrogens (tertiary/aromatic N) is 3. The van der Waals surface area contributed by atoms with E-state index in [0.717, 1.165) is 6.29 Å². The van der Waals surface area contributed by atoms with Gasteiger partial charge < -0.3 is 4.57 Å². The minimum absolute atomic E-state index is 0.338. The van der Waals surface area contributed by atoms with Gasteiger partial charge in [0.05, 0.1) is 11.1 Å². The van der Waals surface area contributed by atoms with Crippen molar-refractivity contribution in [2.24, 2.45) is 7.05 Å². The van der Waals surface area contributed by atoms with Gasteiger partial charge in [-0.1, -0.05) is 12.1 Å². The first-order valence-corrected chi connectivity index (χ1v) is 6.15. The Kier molecular flexibility index (Phi) is 2.82. The van der Waals surface area contributed by atoms with Crippen molar-refractivity contribution in [2.45, 2.75) is 6.92 Å². The van der Waals surface area contributed by atoms with E-state index in [1.807, 2.05) is 7.05 Å². The zero-order valence-corrected chi connectivity index (χ0v) is 11.1. The predicted molar refractivity (Wildman–Crippen MR) is 74.0 cm³/mol. The van der Waals surface area contributed by atoms with Gasteiger partial charge in [0.1, 0.15) is 17.3 Å². The van der Waals surface area contributed by atoms with Gasteiger partial charge in [-0.25, -0.2) is 14.4 Å². The molecule has 2 heterocycles. The number of rotatable bonds is 2. The lowest BCUT2D eigenvalue weighted by Crippen LogP contribution is -1.96. The van der Waals surface area contributed by atoms with E-state index >= 15 is 0 Å². The van der Waals surface area contributed by atoms with Gasteiger partial charge >= 0.3 is 0 Å². The van der Waals surface area contributed by atoms with Gasteiger partial charge in [0.2, 0.25) is 0 Å². The lowest BCUT2D eigenvalue weighted by atomic mass is 10.1. The first kappa shape index (κ1) is 12.5. The van der Waals surface area contributed by atoms with Crippen LogP contribution in [-0.2, 0) is 7.05 Å². The monoisotopic (exact) mass is 269 g/mol. The molecule has 100 valence electrons. The molecular formula is C15H12FN3O. The quantitative estimate of drug-likeness (QED) is 0.672. The zero-order chi connectivity index (χ0) is 14.3. The number of benzene rings is 1. The van der Waals surface area contributed by atoms with Crippen molar-refractivity contribution in [3.8, 4) is 11.3 Å². The molecule has 0 spiro atoms. The number of aryl methyl sites for hydroxylation is 2. The van der Waals surface area contributed by atoms with E-state index < -0.39 is 0 Å². The van der Waals surface area contributed by atoms with Crippen LogP contribution in [0.5, 0.6) is 0 Å². The van der Waals surface area contributed by atoms with Crippen LogP contribution in [0.4, 0.5) is 4.39 Å². The van der Waals surface area contributed by atoms with Crippen molar-refractivity contribution < 1.29 is 9.18 Å². The summed E-state index contributed by atoms with van der Waals surface area (Å²) < 4.78 is 15.2. The smallest absolute Gasteiger partial charge is 0.152 e. The van der Waals surface area contributed by atoms with Gasteiger partial charge in [-0.3, -0.25) is 4.79 Å². The maximum Gasteiger partial charge on any atom is 0.152 e. The van der Waals surface area contributed by atoms with E-state index in [1.54, 1.807) is 29.8 Å². The Labute approximate surface area is 114 Å². The number of carbonyl (C=O) groups is 1. The highest BCUT2D eigenvalue weighted by molar-refractivity contribution is 6.03. The highest BCUT2D eigenvalue weighted by Crippen LogP contribution is 2.29. The van der Waals surface area contributed by atoms with E-state index in [-0.39, 0.29) is 5.82 Å². The normalized spacial score (nSPS) is 10.9. The van der Waals surface area contributed by atoms with Crippen molar-refractivity contribution in [1.82, 2.24) is 14.5 Å². The zero-order valence-electron chi connectivity index (χ0n) is 11.1. The molecule has 0 bridgehead atoms. The van der Waals surface area contributed by atoms with Crippen LogP contribution in [-0.4, -0.2) is 20.8 Å². The summed E-state index contributed by atoms with van der Waals surface area (Å²) in [7, 11) is 1.82. The fraction of sp³-hybridized carbons (Fsp3) is 0.133. The summed E-state index contributed by atoms with van der Waals surface area (Å²) in [5.41, 5.74) is 2.38. The molecule has 2 aromatic heterocycles. The van der Waals surface area contributed by atoms with Crippen LogP contribution < -0.4 is 0 Å². The number of fused-ring (bicyclic) bond motifs is 1. The van der Waals surface area contributed by atoms with Crippen LogP contribution in [0.3, 0.4) is 0 Å². The van der Waals surface area contributed by atoms with E-state index in [0.29, 0.717) is 33.7 Å². The fourth-order valence-corrected chi connectivity index (χ4v) is 2.35. The second kappa shape index (κ2) is 4.52. The van der Waals surface area contributed by atoms with Gasteiger partial charge in [-0.2, -0.15) is 0 Å². The van der Waals surface area contributed by atoms with Gasteiger partial charge in [-0.15, -0.1) is 0 Å². The molecule has 3 rings (SSSR count). The summed E-state index contributed by atoms with van der Waals surface area (Å²) >= 11 is 0. The summed E-state index contributed by atoms with van der Waals surface area (Å²) in [6.45, 7) is 1.77. The Morgan fingerprint density at radius 2 is 2.10 bits per heavy atom. The summed E-state index contributed by atoms with van der Waals surface area (Å²) in [5, 5.41) is 0.652.